The quantitative estimate of drug-likeness (QED) is 0.477. The van der Waals surface area contributed by atoms with Gasteiger partial charge in [0.15, 0.2) is 0 Å². The predicted octanol–water partition coefficient (Wildman–Crippen LogP) is 0.927. The first-order valence-electron chi connectivity index (χ1n) is 6.62. The van der Waals surface area contributed by atoms with Gasteiger partial charge < -0.3 is 19.4 Å². The monoisotopic (exact) mass is 427 g/mol. The van der Waals surface area contributed by atoms with E-state index in [1.807, 2.05) is 0 Å². The molecule has 120 valence electrons. The van der Waals surface area contributed by atoms with Gasteiger partial charge in [-0.15, -0.1) is 0 Å². The number of carbonyl (C=O) groups is 3. The number of rotatable bonds is 5. The fourth-order valence-electron chi connectivity index (χ4n) is 2.10. The normalized spacial score (nSPS) is 28.3. The van der Waals surface area contributed by atoms with Crippen LogP contribution in [-0.4, -0.2) is 39.8 Å². The Morgan fingerprint density at radius 3 is 2.05 bits per heavy atom. The lowest BCUT2D eigenvalue weighted by Gasteiger charge is -2.36. The molecule has 1 fully saturated rings. The average molecular weight is 429 g/mol. The van der Waals surface area contributed by atoms with Crippen LogP contribution in [0, 0.1) is 5.92 Å². The minimum atomic E-state index is -1.26. The van der Waals surface area contributed by atoms with E-state index < -0.39 is 45.7 Å². The number of esters is 2. The Kier molecular flexibility index (Phi) is 7.12. The Labute approximate surface area is 139 Å². The molecule has 0 radical (unpaired) electrons. The molecule has 0 aliphatic heterocycles. The highest BCUT2D eigenvalue weighted by atomic mass is 79.9. The molecule has 6 nitrogen and oxygen atoms in total. The van der Waals surface area contributed by atoms with Crippen LogP contribution >= 0.6 is 31.9 Å². The van der Waals surface area contributed by atoms with Gasteiger partial charge in [-0.1, -0.05) is 31.9 Å². The number of alkyl halides is 2. The van der Waals surface area contributed by atoms with E-state index in [1.54, 1.807) is 13.8 Å². The summed E-state index contributed by atoms with van der Waals surface area (Å²) in [6.07, 6.45) is -0.500. The van der Waals surface area contributed by atoms with Gasteiger partial charge in [-0.3, -0.25) is 9.59 Å². The van der Waals surface area contributed by atoms with Crippen LogP contribution in [-0.2, 0) is 23.9 Å². The van der Waals surface area contributed by atoms with Crippen LogP contribution < -0.4 is 5.11 Å². The molecule has 0 bridgehead atoms. The Morgan fingerprint density at radius 1 is 1.05 bits per heavy atom. The summed E-state index contributed by atoms with van der Waals surface area (Å²) in [6, 6.07) is 0. The third-order valence-corrected chi connectivity index (χ3v) is 3.99. The van der Waals surface area contributed by atoms with E-state index in [4.69, 9.17) is 9.47 Å². The molecule has 1 saturated carbocycles. The summed E-state index contributed by atoms with van der Waals surface area (Å²) in [5.41, 5.74) is 0. The van der Waals surface area contributed by atoms with Gasteiger partial charge in [0.05, 0.1) is 0 Å². The molecule has 0 aromatic rings. The van der Waals surface area contributed by atoms with Crippen molar-refractivity contribution in [3.05, 3.63) is 0 Å². The summed E-state index contributed by atoms with van der Waals surface area (Å²) < 4.78 is 10.4. The molecule has 0 spiro atoms. The molecule has 0 aromatic carbocycles. The van der Waals surface area contributed by atoms with Crippen LogP contribution in [0.25, 0.3) is 0 Å². The maximum atomic E-state index is 11.6. The molecule has 1 aliphatic rings. The summed E-state index contributed by atoms with van der Waals surface area (Å²) in [4.78, 5) is 33.3. The number of hydrogen-bond acceptors (Lipinski definition) is 6. The number of carboxylic acids is 1. The van der Waals surface area contributed by atoms with Crippen molar-refractivity contribution in [2.75, 3.05) is 0 Å². The van der Waals surface area contributed by atoms with Crippen molar-refractivity contribution >= 4 is 49.8 Å². The molecule has 5 atom stereocenters. The van der Waals surface area contributed by atoms with Crippen LogP contribution in [0.3, 0.4) is 0 Å². The highest BCUT2D eigenvalue weighted by Crippen LogP contribution is 2.30. The molecule has 0 amide bonds. The van der Waals surface area contributed by atoms with Gasteiger partial charge in [-0.2, -0.15) is 0 Å². The van der Waals surface area contributed by atoms with Crippen LogP contribution in [0.5, 0.6) is 0 Å². The zero-order valence-electron chi connectivity index (χ0n) is 11.7. The van der Waals surface area contributed by atoms with Gasteiger partial charge in [-0.05, 0) is 26.7 Å². The second-order valence-electron chi connectivity index (χ2n) is 5.00. The maximum Gasteiger partial charge on any atom is 0.319 e. The van der Waals surface area contributed by atoms with E-state index in [0.717, 1.165) is 0 Å². The minimum absolute atomic E-state index is 0.162. The Hall–Kier alpha value is -0.630. The largest absolute Gasteiger partial charge is 0.550 e. The lowest BCUT2D eigenvalue weighted by molar-refractivity contribution is -0.315. The molecule has 8 heteroatoms. The van der Waals surface area contributed by atoms with Gasteiger partial charge in [-0.25, -0.2) is 0 Å². The van der Waals surface area contributed by atoms with E-state index in [-0.39, 0.29) is 12.8 Å². The fraction of sp³-hybridized carbons (Fsp3) is 0.769. The lowest BCUT2D eigenvalue weighted by Crippen LogP contribution is -2.46. The van der Waals surface area contributed by atoms with Crippen molar-refractivity contribution in [2.24, 2.45) is 5.92 Å². The van der Waals surface area contributed by atoms with Gasteiger partial charge in [0.25, 0.3) is 0 Å². The number of ether oxygens (including phenoxy) is 2. The first-order chi connectivity index (χ1) is 9.72. The summed E-state index contributed by atoms with van der Waals surface area (Å²) in [5, 5.41) is 11.1. The van der Waals surface area contributed by atoms with Gasteiger partial charge in [0.1, 0.15) is 21.9 Å². The number of carboxylic acid groups (broad SMARTS) is 1. The van der Waals surface area contributed by atoms with Crippen molar-refractivity contribution in [3.8, 4) is 0 Å². The van der Waals surface area contributed by atoms with E-state index in [9.17, 15) is 19.5 Å². The van der Waals surface area contributed by atoms with E-state index in [2.05, 4.69) is 31.9 Å². The zero-order valence-corrected chi connectivity index (χ0v) is 14.9. The van der Waals surface area contributed by atoms with E-state index >= 15 is 0 Å². The molecule has 0 aromatic heterocycles. The third-order valence-electron chi connectivity index (χ3n) is 3.25. The third kappa shape index (κ3) is 5.58. The molecular formula is C13H17Br2O6-. The molecule has 21 heavy (non-hydrogen) atoms. The fourth-order valence-corrected chi connectivity index (χ4v) is 2.32. The van der Waals surface area contributed by atoms with Gasteiger partial charge >= 0.3 is 11.9 Å². The second kappa shape index (κ2) is 8.12. The second-order valence-corrected chi connectivity index (χ2v) is 7.75. The van der Waals surface area contributed by atoms with Crippen LogP contribution in [0.4, 0.5) is 0 Å². The van der Waals surface area contributed by atoms with E-state index in [0.29, 0.717) is 6.42 Å². The van der Waals surface area contributed by atoms with Crippen LogP contribution in [0.2, 0.25) is 0 Å². The SMILES string of the molecule is CC(Br)C(=O)OC1CCC(C(=O)[O-])C(OC(=O)C(C)Br)C1. The molecular weight excluding hydrogens is 412 g/mol. The standard InChI is InChI=1S/C13H18Br2O6/c1-6(14)12(18)20-8-3-4-9(11(16)17)10(5-8)21-13(19)7(2)15/h6-10H,3-5H2,1-2H3,(H,16,17)/p-1. The number of halogens is 2. The topological polar surface area (TPSA) is 92.7 Å². The van der Waals surface area contributed by atoms with Crippen LogP contribution in [0.15, 0.2) is 0 Å². The molecule has 1 rings (SSSR count). The molecule has 0 heterocycles. The smallest absolute Gasteiger partial charge is 0.319 e. The average Bonchev–Trinajstić information content (AvgIpc) is 2.38. The van der Waals surface area contributed by atoms with Crippen molar-refractivity contribution in [1.29, 1.82) is 0 Å². The molecule has 0 N–H and O–H groups in total. The number of carbonyl (C=O) groups excluding carboxylic acids is 3. The van der Waals surface area contributed by atoms with Crippen molar-refractivity contribution < 1.29 is 29.0 Å². The summed E-state index contributed by atoms with van der Waals surface area (Å²) in [5.74, 6) is -3.11. The molecule has 0 saturated heterocycles. The Bertz CT molecular complexity index is 409. The highest BCUT2D eigenvalue weighted by molar-refractivity contribution is 9.10. The minimum Gasteiger partial charge on any atom is -0.550 e. The predicted molar refractivity (Wildman–Crippen MR) is 78.9 cm³/mol. The van der Waals surface area contributed by atoms with Crippen molar-refractivity contribution in [1.82, 2.24) is 0 Å². The summed E-state index contributed by atoms with van der Waals surface area (Å²) in [7, 11) is 0. The molecule has 5 unspecified atom stereocenters. The highest BCUT2D eigenvalue weighted by Gasteiger charge is 2.36. The van der Waals surface area contributed by atoms with Gasteiger partial charge in [0, 0.05) is 18.3 Å². The number of hydrogen-bond donors (Lipinski definition) is 0. The Balaban J connectivity index is 2.70. The first-order valence-corrected chi connectivity index (χ1v) is 8.45. The lowest BCUT2D eigenvalue weighted by atomic mass is 9.84. The maximum absolute atomic E-state index is 11.6. The van der Waals surface area contributed by atoms with Crippen molar-refractivity contribution in [2.45, 2.75) is 55.0 Å². The van der Waals surface area contributed by atoms with E-state index in [1.165, 1.54) is 0 Å². The van der Waals surface area contributed by atoms with Crippen LogP contribution in [0.1, 0.15) is 33.1 Å². The first kappa shape index (κ1) is 18.4. The molecule has 1 aliphatic carbocycles. The zero-order chi connectivity index (χ0) is 16.2. The Morgan fingerprint density at radius 2 is 1.57 bits per heavy atom. The van der Waals surface area contributed by atoms with Crippen molar-refractivity contribution in [3.63, 3.8) is 0 Å². The summed E-state index contributed by atoms with van der Waals surface area (Å²) >= 11 is 6.17. The number of aliphatic carboxylic acids is 1. The van der Waals surface area contributed by atoms with Gasteiger partial charge in [0.2, 0.25) is 0 Å². The summed E-state index contributed by atoms with van der Waals surface area (Å²) in [6.45, 7) is 3.22.